The summed E-state index contributed by atoms with van der Waals surface area (Å²) in [7, 11) is -3.40. The fourth-order valence-electron chi connectivity index (χ4n) is 4.65. The van der Waals surface area contributed by atoms with Gasteiger partial charge < -0.3 is 9.88 Å². The van der Waals surface area contributed by atoms with Gasteiger partial charge in [0, 0.05) is 19.0 Å². The van der Waals surface area contributed by atoms with Gasteiger partial charge in [-0.2, -0.15) is 32.1 Å². The fourth-order valence-corrected chi connectivity index (χ4v) is 5.83. The number of fused-ring (bicyclic) bond motifs is 2. The van der Waals surface area contributed by atoms with E-state index >= 15 is 0 Å². The summed E-state index contributed by atoms with van der Waals surface area (Å²) in [6, 6.07) is 10.1. The van der Waals surface area contributed by atoms with Crippen LogP contribution in [0.15, 0.2) is 60.0 Å². The highest BCUT2D eigenvalue weighted by atomic mass is 35.5. The van der Waals surface area contributed by atoms with Gasteiger partial charge in [-0.1, -0.05) is 29.8 Å². The predicted molar refractivity (Wildman–Crippen MR) is 152 cm³/mol. The van der Waals surface area contributed by atoms with Crippen LogP contribution in [0.3, 0.4) is 0 Å². The molecular weight excluding hydrogens is 556 g/mol. The number of aromatic amines is 1. The number of nitrogens with zero attached hydrogens (tertiary/aromatic N) is 7. The van der Waals surface area contributed by atoms with Gasteiger partial charge in [0.1, 0.15) is 17.4 Å². The Labute approximate surface area is 230 Å². The van der Waals surface area contributed by atoms with E-state index in [0.717, 1.165) is 0 Å². The molecule has 37 heavy (non-hydrogen) atoms. The van der Waals surface area contributed by atoms with Crippen LogP contribution in [0, 0.1) is 0 Å². The Morgan fingerprint density at radius 2 is 1.84 bits per heavy atom. The highest BCUT2D eigenvalue weighted by Gasteiger charge is 2.42. The molecule has 5 heterocycles. The Bertz CT molecular complexity index is 1750. The van der Waals surface area contributed by atoms with Gasteiger partial charge in [0.2, 0.25) is 0 Å². The van der Waals surface area contributed by atoms with Crippen molar-refractivity contribution in [2.24, 2.45) is 0 Å². The molecule has 0 aliphatic carbocycles. The molecule has 0 radical (unpaired) electrons. The normalized spacial score (nSPS) is 17.6. The number of halogens is 1. The largest absolute Gasteiger partial charge is 0.343 e. The third-order valence-corrected chi connectivity index (χ3v) is 8.18. The van der Waals surface area contributed by atoms with E-state index in [9.17, 15) is 13.2 Å². The van der Waals surface area contributed by atoms with Gasteiger partial charge in [0.25, 0.3) is 5.56 Å². The number of H-pyrrole nitrogens is 1. The van der Waals surface area contributed by atoms with Gasteiger partial charge in [0.15, 0.2) is 27.1 Å². The van der Waals surface area contributed by atoms with Gasteiger partial charge in [0.05, 0.1) is 28.3 Å². The zero-order valence-electron chi connectivity index (χ0n) is 19.4. The Balaban J connectivity index is 0.00000160. The van der Waals surface area contributed by atoms with E-state index < -0.39 is 21.1 Å². The zero-order chi connectivity index (χ0) is 24.3. The average Bonchev–Trinajstić information content (AvgIpc) is 3.57. The van der Waals surface area contributed by atoms with E-state index in [4.69, 9.17) is 16.7 Å². The first-order valence-electron chi connectivity index (χ1n) is 10.8. The molecule has 5 aromatic rings. The molecule has 1 saturated heterocycles. The van der Waals surface area contributed by atoms with Crippen LogP contribution < -0.4 is 10.5 Å². The van der Waals surface area contributed by atoms with Crippen molar-refractivity contribution in [2.45, 2.75) is 17.7 Å². The molecule has 0 spiro atoms. The van der Waals surface area contributed by atoms with E-state index in [-0.39, 0.29) is 56.1 Å². The maximum Gasteiger partial charge on any atom is 0.284 e. The Morgan fingerprint density at radius 3 is 2.57 bits per heavy atom. The molecule has 1 aromatic carbocycles. The topological polar surface area (TPSA) is 131 Å². The third-order valence-electron chi connectivity index (χ3n) is 6.32. The number of nitrogens with one attached hydrogen (secondary N) is 1. The summed E-state index contributed by atoms with van der Waals surface area (Å²) in [5, 5.41) is 4.36. The van der Waals surface area contributed by atoms with Crippen LogP contribution in [0.4, 0.5) is 5.82 Å². The number of aromatic nitrogens is 7. The minimum absolute atomic E-state index is 0. The summed E-state index contributed by atoms with van der Waals surface area (Å²) in [4.78, 5) is 31.4. The van der Waals surface area contributed by atoms with Crippen LogP contribution in [-0.2, 0) is 9.84 Å². The van der Waals surface area contributed by atoms with Crippen LogP contribution in [0.5, 0.6) is 0 Å². The lowest BCUT2D eigenvalue weighted by Gasteiger charge is -2.27. The highest BCUT2D eigenvalue weighted by molar-refractivity contribution is 7.91. The molecule has 0 bridgehead atoms. The second kappa shape index (κ2) is 10.0. The van der Waals surface area contributed by atoms with Crippen molar-refractivity contribution in [2.75, 3.05) is 17.7 Å². The third kappa shape index (κ3) is 4.47. The summed E-state index contributed by atoms with van der Waals surface area (Å²) < 4.78 is 28.2. The van der Waals surface area contributed by atoms with Crippen molar-refractivity contribution < 1.29 is 8.42 Å². The first-order valence-corrected chi connectivity index (χ1v) is 13.1. The molecule has 0 amide bonds. The molecular formula is C22H23ClN8O3S3. The first-order chi connectivity index (χ1) is 16.8. The number of hydrogen-bond donors (Lipinski definition) is 1. The second-order valence-corrected chi connectivity index (χ2v) is 11.2. The van der Waals surface area contributed by atoms with Crippen LogP contribution >= 0.6 is 38.6 Å². The minimum Gasteiger partial charge on any atom is -0.343 e. The summed E-state index contributed by atoms with van der Waals surface area (Å²) in [6.45, 7) is 0.170. The van der Waals surface area contributed by atoms with Crippen LogP contribution in [-0.4, -0.2) is 60.6 Å². The minimum atomic E-state index is -3.40. The van der Waals surface area contributed by atoms with E-state index in [2.05, 4.69) is 19.9 Å². The van der Waals surface area contributed by atoms with Crippen molar-refractivity contribution in [1.29, 1.82) is 0 Å². The van der Waals surface area contributed by atoms with Gasteiger partial charge in [-0.05, 0) is 24.6 Å². The molecule has 15 heteroatoms. The highest BCUT2D eigenvalue weighted by Crippen LogP contribution is 2.39. The predicted octanol–water partition coefficient (Wildman–Crippen LogP) is 2.40. The molecule has 1 fully saturated rings. The maximum atomic E-state index is 13.7. The van der Waals surface area contributed by atoms with Crippen molar-refractivity contribution in [3.05, 3.63) is 76.5 Å². The van der Waals surface area contributed by atoms with Gasteiger partial charge >= 0.3 is 0 Å². The molecule has 11 nitrogen and oxygen atoms in total. The molecule has 0 unspecified atom stereocenters. The number of imidazole rings is 1. The van der Waals surface area contributed by atoms with E-state index in [1.165, 1.54) is 28.0 Å². The van der Waals surface area contributed by atoms with E-state index in [0.29, 0.717) is 28.5 Å². The monoisotopic (exact) mass is 578 g/mol. The number of para-hydroxylation sites is 1. The molecule has 1 aliphatic rings. The SMILES string of the molecule is CS(=O)(=O)[C@H]1C[C@@H](c2nn3ccc(Cl)c3c(=O)n2-c2ccccc2)N(c2ncnc3nc[nH]c23)C1.S.S. The van der Waals surface area contributed by atoms with E-state index in [1.54, 1.807) is 24.4 Å². The fraction of sp³-hybridized carbons (Fsp3) is 0.227. The molecule has 4 aromatic heterocycles. The molecule has 0 saturated carbocycles. The summed E-state index contributed by atoms with van der Waals surface area (Å²) in [5.74, 6) is 0.863. The zero-order valence-corrected chi connectivity index (χ0v) is 23.0. The van der Waals surface area contributed by atoms with Crippen LogP contribution in [0.2, 0.25) is 5.02 Å². The smallest absolute Gasteiger partial charge is 0.284 e. The Morgan fingerprint density at radius 1 is 1.08 bits per heavy atom. The summed E-state index contributed by atoms with van der Waals surface area (Å²) in [5.41, 5.74) is 1.51. The second-order valence-electron chi connectivity index (χ2n) is 8.44. The first kappa shape index (κ1) is 27.0. The lowest BCUT2D eigenvalue weighted by molar-refractivity contribution is 0.578. The standard InChI is InChI=1S/C22H19ClN8O3S.2H2S/c1-35(33,34)14-9-16(29(10-14)21-17-19(25-11-24-17)26-12-27-21)20-28-30-8-7-15(23)18(30)22(32)31(20)13-5-3-2-4-6-13;;/h2-8,11-12,14,16H,9-10H2,1H3,(H,24,25,26,27);2*1H2/t14-,16-;;/m0../s1. The molecule has 6 rings (SSSR count). The quantitative estimate of drug-likeness (QED) is 0.344. The molecule has 194 valence electrons. The van der Waals surface area contributed by atoms with E-state index in [1.807, 2.05) is 23.1 Å². The molecule has 1 N–H and O–H groups in total. The van der Waals surface area contributed by atoms with Crippen molar-refractivity contribution in [3.63, 3.8) is 0 Å². The number of anilines is 1. The van der Waals surface area contributed by atoms with Crippen molar-refractivity contribution in [1.82, 2.24) is 34.1 Å². The van der Waals surface area contributed by atoms with Crippen LogP contribution in [0.25, 0.3) is 22.4 Å². The average molecular weight is 579 g/mol. The van der Waals surface area contributed by atoms with Gasteiger partial charge in [-0.15, -0.1) is 0 Å². The van der Waals surface area contributed by atoms with Gasteiger partial charge in [-0.3, -0.25) is 9.36 Å². The number of sulfone groups is 1. The Kier molecular flexibility index (Phi) is 7.29. The molecule has 1 aliphatic heterocycles. The number of rotatable bonds is 4. The number of benzene rings is 1. The van der Waals surface area contributed by atoms with Crippen molar-refractivity contribution >= 4 is 70.9 Å². The number of hydrogen-bond acceptors (Lipinski definition) is 8. The lowest BCUT2D eigenvalue weighted by Crippen LogP contribution is -2.33. The maximum absolute atomic E-state index is 13.7. The lowest BCUT2D eigenvalue weighted by atomic mass is 10.2. The van der Waals surface area contributed by atoms with Crippen molar-refractivity contribution in [3.8, 4) is 5.69 Å². The molecule has 2 atom stereocenters. The van der Waals surface area contributed by atoms with Crippen LogP contribution in [0.1, 0.15) is 18.3 Å². The Hall–Kier alpha value is -3.07. The van der Waals surface area contributed by atoms with Gasteiger partial charge in [-0.25, -0.2) is 27.9 Å². The summed E-state index contributed by atoms with van der Waals surface area (Å²) in [6.07, 6.45) is 5.95. The summed E-state index contributed by atoms with van der Waals surface area (Å²) >= 11 is 6.32.